The lowest BCUT2D eigenvalue weighted by atomic mass is 9.85. The molecule has 21 heavy (non-hydrogen) atoms. The van der Waals surface area contributed by atoms with E-state index in [-0.39, 0.29) is 47.9 Å². The van der Waals surface area contributed by atoms with Gasteiger partial charge in [0, 0.05) is 5.69 Å². The van der Waals surface area contributed by atoms with E-state index in [0.717, 1.165) is 12.1 Å². The van der Waals surface area contributed by atoms with E-state index in [2.05, 4.69) is 17.5 Å². The third-order valence-corrected chi connectivity index (χ3v) is 4.87. The van der Waals surface area contributed by atoms with Gasteiger partial charge in [0.25, 0.3) is 0 Å². The summed E-state index contributed by atoms with van der Waals surface area (Å²) in [6.45, 7) is 0.189. The first kappa shape index (κ1) is 12.4. The van der Waals surface area contributed by atoms with Crippen LogP contribution in [-0.4, -0.2) is 28.5 Å². The number of likely N-dealkylation sites (tertiary alicyclic amines) is 1. The van der Waals surface area contributed by atoms with Gasteiger partial charge in [0.1, 0.15) is 5.75 Å². The Balaban J connectivity index is 1.48. The van der Waals surface area contributed by atoms with E-state index in [1.807, 2.05) is 0 Å². The first-order valence-electron chi connectivity index (χ1n) is 7.21. The molecule has 4 rings (SSSR count). The second kappa shape index (κ2) is 4.35. The van der Waals surface area contributed by atoms with Gasteiger partial charge in [-0.3, -0.25) is 14.5 Å². The quantitative estimate of drug-likeness (QED) is 0.502. The summed E-state index contributed by atoms with van der Waals surface area (Å²) >= 11 is 0. The first-order chi connectivity index (χ1) is 10.1. The maximum absolute atomic E-state index is 12.5. The number of allylic oxidation sites excluding steroid dienone is 2. The summed E-state index contributed by atoms with van der Waals surface area (Å²) in [4.78, 5) is 26.2. The molecule has 0 unspecified atom stereocenters. The molecular weight excluding hydrogens is 268 g/mol. The summed E-state index contributed by atoms with van der Waals surface area (Å²) in [7, 11) is 0. The molecule has 2 amide bonds. The Labute approximate surface area is 122 Å². The number of phenols is 1. The van der Waals surface area contributed by atoms with Crippen molar-refractivity contribution in [2.24, 2.45) is 23.7 Å². The van der Waals surface area contributed by atoms with Crippen molar-refractivity contribution in [1.29, 1.82) is 0 Å². The third-order valence-electron chi connectivity index (χ3n) is 4.87. The smallest absolute Gasteiger partial charge is 0.235 e. The molecule has 2 fully saturated rings. The van der Waals surface area contributed by atoms with E-state index < -0.39 is 0 Å². The molecule has 0 radical (unpaired) electrons. The van der Waals surface area contributed by atoms with Crippen molar-refractivity contribution in [1.82, 2.24) is 4.90 Å². The minimum Gasteiger partial charge on any atom is -0.508 e. The minimum atomic E-state index is -0.144. The topological polar surface area (TPSA) is 69.6 Å². The molecule has 1 aromatic carbocycles. The first-order valence-corrected chi connectivity index (χ1v) is 7.21. The van der Waals surface area contributed by atoms with Crippen LogP contribution in [0.3, 0.4) is 0 Å². The van der Waals surface area contributed by atoms with Crippen molar-refractivity contribution in [2.75, 3.05) is 12.0 Å². The van der Waals surface area contributed by atoms with E-state index in [4.69, 9.17) is 0 Å². The van der Waals surface area contributed by atoms with Crippen LogP contribution in [0.4, 0.5) is 5.69 Å². The predicted octanol–water partition coefficient (Wildman–Crippen LogP) is 1.57. The highest BCUT2D eigenvalue weighted by Gasteiger charge is 2.59. The molecule has 1 aromatic rings. The monoisotopic (exact) mass is 284 g/mol. The van der Waals surface area contributed by atoms with Gasteiger partial charge in [0.2, 0.25) is 11.8 Å². The molecule has 5 nitrogen and oxygen atoms in total. The van der Waals surface area contributed by atoms with E-state index in [1.165, 1.54) is 4.90 Å². The number of benzene rings is 1. The van der Waals surface area contributed by atoms with Crippen molar-refractivity contribution in [3.8, 4) is 5.75 Å². The summed E-state index contributed by atoms with van der Waals surface area (Å²) in [5, 5.41) is 12.3. The minimum absolute atomic E-state index is 0.0480. The van der Waals surface area contributed by atoms with E-state index >= 15 is 0 Å². The SMILES string of the molecule is O=C1[C@@H]2[C@@H](C(=O)N1CNc1ccc(O)cc1)[C@H]1C=C[C@@H]2C1. The molecule has 1 heterocycles. The Kier molecular flexibility index (Phi) is 2.58. The van der Waals surface area contributed by atoms with E-state index in [0.29, 0.717) is 0 Å². The number of imide groups is 1. The molecule has 2 bridgehead atoms. The number of anilines is 1. The fourth-order valence-corrected chi connectivity index (χ4v) is 3.87. The standard InChI is InChI=1S/C16H16N2O3/c19-12-5-3-11(4-6-12)17-8-18-15(20)13-9-1-2-10(7-9)14(13)16(18)21/h1-6,9-10,13-14,17,19H,7-8H2/t9-,10+,13-,14-/m0/s1. The second-order valence-corrected chi connectivity index (χ2v) is 5.99. The van der Waals surface area contributed by atoms with Crippen LogP contribution in [0.25, 0.3) is 0 Å². The van der Waals surface area contributed by atoms with Gasteiger partial charge in [-0.2, -0.15) is 0 Å². The predicted molar refractivity (Wildman–Crippen MR) is 76.2 cm³/mol. The summed E-state index contributed by atoms with van der Waals surface area (Å²) in [5.41, 5.74) is 0.770. The Morgan fingerprint density at radius 1 is 1.05 bits per heavy atom. The van der Waals surface area contributed by atoms with Gasteiger partial charge in [0.05, 0.1) is 18.5 Å². The zero-order valence-electron chi connectivity index (χ0n) is 11.4. The molecule has 2 aliphatic carbocycles. The van der Waals surface area contributed by atoms with Crippen LogP contribution in [0.1, 0.15) is 6.42 Å². The van der Waals surface area contributed by atoms with Gasteiger partial charge < -0.3 is 10.4 Å². The Morgan fingerprint density at radius 3 is 2.19 bits per heavy atom. The molecule has 0 aromatic heterocycles. The molecule has 3 aliphatic rings. The normalized spacial score (nSPS) is 32.9. The Morgan fingerprint density at radius 2 is 1.62 bits per heavy atom. The molecule has 1 saturated carbocycles. The number of carbonyl (C=O) groups is 2. The molecule has 2 N–H and O–H groups in total. The number of phenolic OH excluding ortho intramolecular Hbond substituents is 1. The average molecular weight is 284 g/mol. The lowest BCUT2D eigenvalue weighted by molar-refractivity contribution is -0.140. The maximum Gasteiger partial charge on any atom is 0.235 e. The number of carbonyl (C=O) groups excluding carboxylic acids is 2. The van der Waals surface area contributed by atoms with Crippen LogP contribution in [0.15, 0.2) is 36.4 Å². The second-order valence-electron chi connectivity index (χ2n) is 5.99. The zero-order chi connectivity index (χ0) is 14.6. The van der Waals surface area contributed by atoms with Crippen LogP contribution in [0, 0.1) is 23.7 Å². The van der Waals surface area contributed by atoms with E-state index in [1.54, 1.807) is 24.3 Å². The van der Waals surface area contributed by atoms with Crippen molar-refractivity contribution in [3.05, 3.63) is 36.4 Å². The average Bonchev–Trinajstić information content (AvgIpc) is 3.14. The van der Waals surface area contributed by atoms with Crippen molar-refractivity contribution < 1.29 is 14.7 Å². The number of fused-ring (bicyclic) bond motifs is 5. The van der Waals surface area contributed by atoms with Crippen molar-refractivity contribution >= 4 is 17.5 Å². The van der Waals surface area contributed by atoms with Crippen LogP contribution in [0.2, 0.25) is 0 Å². The lowest BCUT2D eigenvalue weighted by Gasteiger charge is -2.18. The highest BCUT2D eigenvalue weighted by molar-refractivity contribution is 6.06. The number of nitrogens with one attached hydrogen (secondary N) is 1. The Hall–Kier alpha value is -2.30. The third kappa shape index (κ3) is 1.77. The van der Waals surface area contributed by atoms with Gasteiger partial charge >= 0.3 is 0 Å². The number of hydrogen-bond donors (Lipinski definition) is 2. The Bertz CT molecular complexity index is 607. The highest BCUT2D eigenvalue weighted by Crippen LogP contribution is 2.52. The highest BCUT2D eigenvalue weighted by atomic mass is 16.3. The molecule has 1 saturated heterocycles. The molecule has 108 valence electrons. The number of rotatable bonds is 3. The van der Waals surface area contributed by atoms with Gasteiger partial charge in [0.15, 0.2) is 0 Å². The van der Waals surface area contributed by atoms with Gasteiger partial charge in [-0.15, -0.1) is 0 Å². The molecule has 1 aliphatic heterocycles. The number of amides is 2. The summed E-state index contributed by atoms with van der Waals surface area (Å²) < 4.78 is 0. The lowest BCUT2D eigenvalue weighted by Crippen LogP contribution is -2.37. The van der Waals surface area contributed by atoms with Gasteiger partial charge in [-0.1, -0.05) is 12.2 Å². The van der Waals surface area contributed by atoms with Crippen LogP contribution >= 0.6 is 0 Å². The fourth-order valence-electron chi connectivity index (χ4n) is 3.87. The number of hydrogen-bond acceptors (Lipinski definition) is 4. The fraction of sp³-hybridized carbons (Fsp3) is 0.375. The number of nitrogens with zero attached hydrogens (tertiary/aromatic N) is 1. The molecule has 5 heteroatoms. The maximum atomic E-state index is 12.5. The van der Waals surface area contributed by atoms with Crippen molar-refractivity contribution in [3.63, 3.8) is 0 Å². The summed E-state index contributed by atoms with van der Waals surface area (Å²) in [6, 6.07) is 6.56. The van der Waals surface area contributed by atoms with Crippen LogP contribution in [-0.2, 0) is 9.59 Å². The van der Waals surface area contributed by atoms with E-state index in [9.17, 15) is 14.7 Å². The molecule has 0 spiro atoms. The van der Waals surface area contributed by atoms with Crippen LogP contribution < -0.4 is 5.32 Å². The number of aromatic hydroxyl groups is 1. The summed E-state index contributed by atoms with van der Waals surface area (Å²) in [6.07, 6.45) is 5.13. The zero-order valence-corrected chi connectivity index (χ0v) is 11.4. The molecular formula is C16H16N2O3. The van der Waals surface area contributed by atoms with Gasteiger partial charge in [-0.05, 0) is 42.5 Å². The summed E-state index contributed by atoms with van der Waals surface area (Å²) in [5.74, 6) is 0.292. The molecule has 4 atom stereocenters. The van der Waals surface area contributed by atoms with Crippen molar-refractivity contribution in [2.45, 2.75) is 6.42 Å². The van der Waals surface area contributed by atoms with Gasteiger partial charge in [-0.25, -0.2) is 0 Å². The largest absolute Gasteiger partial charge is 0.508 e. The van der Waals surface area contributed by atoms with Crippen LogP contribution in [0.5, 0.6) is 5.75 Å².